The lowest BCUT2D eigenvalue weighted by Gasteiger charge is -2.16. The van der Waals surface area contributed by atoms with Crippen LogP contribution in [-0.2, 0) is 0 Å². The first-order valence-electron chi connectivity index (χ1n) is 16.7. The van der Waals surface area contributed by atoms with Crippen molar-refractivity contribution in [2.75, 3.05) is 0 Å². The number of nitrogens with zero attached hydrogens (tertiary/aromatic N) is 4. The average Bonchev–Trinajstić information content (AvgIpc) is 3.21. The Bertz CT molecular complexity index is 2620. The number of rotatable bonds is 6. The van der Waals surface area contributed by atoms with Crippen molar-refractivity contribution in [3.63, 3.8) is 0 Å². The van der Waals surface area contributed by atoms with E-state index in [1.807, 2.05) is 42.6 Å². The maximum Gasteiger partial charge on any atom is 0.164 e. The van der Waals surface area contributed by atoms with E-state index >= 15 is 0 Å². The first-order chi connectivity index (χ1) is 24.8. The fourth-order valence-corrected chi connectivity index (χ4v) is 6.82. The van der Waals surface area contributed by atoms with Crippen molar-refractivity contribution in [3.05, 3.63) is 182 Å². The highest BCUT2D eigenvalue weighted by molar-refractivity contribution is 6.11. The SMILES string of the molecule is c1ccc(-c2nc(-c3ccc(-c4cccnc4)cc3)nc(-c3ccc(-c4ccc(-c5ccccc5)c5ccccc45)c4ccccc34)n2)cc1. The Hall–Kier alpha value is -6.78. The molecule has 0 aliphatic rings. The Kier molecular flexibility index (Phi) is 7.45. The average molecular weight is 639 g/mol. The molecule has 4 heteroatoms. The Balaban J connectivity index is 1.20. The van der Waals surface area contributed by atoms with Gasteiger partial charge in [0.2, 0.25) is 0 Å². The topological polar surface area (TPSA) is 51.6 Å². The molecule has 0 N–H and O–H groups in total. The summed E-state index contributed by atoms with van der Waals surface area (Å²) in [7, 11) is 0. The molecule has 0 fully saturated rings. The summed E-state index contributed by atoms with van der Waals surface area (Å²) in [5, 5.41) is 4.68. The summed E-state index contributed by atoms with van der Waals surface area (Å²) < 4.78 is 0. The lowest BCUT2D eigenvalue weighted by Crippen LogP contribution is -2.01. The molecule has 4 nitrogen and oxygen atoms in total. The first-order valence-corrected chi connectivity index (χ1v) is 16.7. The molecule has 0 aliphatic carbocycles. The summed E-state index contributed by atoms with van der Waals surface area (Å²) in [6.45, 7) is 0. The third kappa shape index (κ3) is 5.39. The summed E-state index contributed by atoms with van der Waals surface area (Å²) in [5.41, 5.74) is 9.77. The number of hydrogen-bond donors (Lipinski definition) is 0. The number of hydrogen-bond acceptors (Lipinski definition) is 4. The summed E-state index contributed by atoms with van der Waals surface area (Å²) in [4.78, 5) is 19.5. The molecule has 0 aliphatic heterocycles. The van der Waals surface area contributed by atoms with E-state index in [-0.39, 0.29) is 0 Å². The molecular formula is C46H30N4. The maximum atomic E-state index is 5.11. The molecule has 0 unspecified atom stereocenters. The molecule has 0 radical (unpaired) electrons. The van der Waals surface area contributed by atoms with Gasteiger partial charge in [0, 0.05) is 29.1 Å². The van der Waals surface area contributed by atoms with Crippen LogP contribution in [0.5, 0.6) is 0 Å². The Morgan fingerprint density at radius 2 is 0.680 bits per heavy atom. The third-order valence-corrected chi connectivity index (χ3v) is 9.27. The van der Waals surface area contributed by atoms with Crippen molar-refractivity contribution in [1.82, 2.24) is 19.9 Å². The number of pyridine rings is 1. The van der Waals surface area contributed by atoms with Crippen LogP contribution in [0.25, 0.3) is 89.1 Å². The monoisotopic (exact) mass is 638 g/mol. The lowest BCUT2D eigenvalue weighted by molar-refractivity contribution is 1.08. The molecule has 50 heavy (non-hydrogen) atoms. The zero-order chi connectivity index (χ0) is 33.3. The highest BCUT2D eigenvalue weighted by Crippen LogP contribution is 2.41. The van der Waals surface area contributed by atoms with Crippen LogP contribution in [0.3, 0.4) is 0 Å². The van der Waals surface area contributed by atoms with Crippen molar-refractivity contribution in [3.8, 4) is 67.5 Å². The van der Waals surface area contributed by atoms with Crippen LogP contribution in [0.15, 0.2) is 182 Å². The summed E-state index contributed by atoms with van der Waals surface area (Å²) in [6.07, 6.45) is 3.66. The van der Waals surface area contributed by atoms with E-state index in [0.717, 1.165) is 38.6 Å². The van der Waals surface area contributed by atoms with Gasteiger partial charge in [-0.3, -0.25) is 4.98 Å². The Labute approximate surface area is 290 Å². The van der Waals surface area contributed by atoms with Gasteiger partial charge in [0.15, 0.2) is 17.5 Å². The minimum Gasteiger partial charge on any atom is -0.264 e. The zero-order valence-corrected chi connectivity index (χ0v) is 27.1. The Morgan fingerprint density at radius 1 is 0.260 bits per heavy atom. The zero-order valence-electron chi connectivity index (χ0n) is 27.1. The highest BCUT2D eigenvalue weighted by Gasteiger charge is 2.17. The van der Waals surface area contributed by atoms with E-state index in [1.54, 1.807) is 6.20 Å². The van der Waals surface area contributed by atoms with Gasteiger partial charge < -0.3 is 0 Å². The van der Waals surface area contributed by atoms with Gasteiger partial charge in [-0.25, -0.2) is 15.0 Å². The number of aromatic nitrogens is 4. The molecule has 2 aromatic heterocycles. The van der Waals surface area contributed by atoms with E-state index < -0.39 is 0 Å². The molecule has 0 saturated carbocycles. The van der Waals surface area contributed by atoms with Crippen molar-refractivity contribution >= 4 is 21.5 Å². The van der Waals surface area contributed by atoms with Crippen molar-refractivity contribution in [1.29, 1.82) is 0 Å². The molecule has 9 rings (SSSR count). The van der Waals surface area contributed by atoms with Gasteiger partial charge in [0.05, 0.1) is 0 Å². The van der Waals surface area contributed by atoms with Gasteiger partial charge in [-0.15, -0.1) is 0 Å². The molecule has 0 bridgehead atoms. The van der Waals surface area contributed by atoms with E-state index in [2.05, 4.69) is 138 Å². The fourth-order valence-electron chi connectivity index (χ4n) is 6.82. The van der Waals surface area contributed by atoms with Gasteiger partial charge in [-0.1, -0.05) is 158 Å². The van der Waals surface area contributed by atoms with Crippen LogP contribution in [0, 0.1) is 0 Å². The predicted octanol–water partition coefficient (Wildman–Crippen LogP) is 11.6. The van der Waals surface area contributed by atoms with Gasteiger partial charge in [-0.2, -0.15) is 0 Å². The van der Waals surface area contributed by atoms with Gasteiger partial charge in [0.1, 0.15) is 0 Å². The standard InChI is InChI=1S/C46H30N4/c1-3-12-32(13-4-1)36-25-26-41(38-18-8-7-17-37(36)38)42-27-28-43(40-20-10-9-19-39(40)42)46-49-44(33-14-5-2-6-15-33)48-45(50-46)34-23-21-31(22-24-34)35-16-11-29-47-30-35/h1-30H. The van der Waals surface area contributed by atoms with Crippen LogP contribution in [-0.4, -0.2) is 19.9 Å². The molecule has 234 valence electrons. The predicted molar refractivity (Wildman–Crippen MR) is 205 cm³/mol. The van der Waals surface area contributed by atoms with Crippen molar-refractivity contribution in [2.24, 2.45) is 0 Å². The van der Waals surface area contributed by atoms with Crippen molar-refractivity contribution < 1.29 is 0 Å². The lowest BCUT2D eigenvalue weighted by atomic mass is 9.89. The molecule has 0 saturated heterocycles. The molecule has 9 aromatic rings. The highest BCUT2D eigenvalue weighted by atomic mass is 15.0. The van der Waals surface area contributed by atoms with Gasteiger partial charge in [0.25, 0.3) is 0 Å². The second-order valence-electron chi connectivity index (χ2n) is 12.3. The Morgan fingerprint density at radius 3 is 1.26 bits per heavy atom. The quantitative estimate of drug-likeness (QED) is 0.182. The van der Waals surface area contributed by atoms with E-state index in [1.165, 1.54) is 33.0 Å². The van der Waals surface area contributed by atoms with Crippen LogP contribution in [0.2, 0.25) is 0 Å². The first kappa shape index (κ1) is 29.4. The van der Waals surface area contributed by atoms with Crippen LogP contribution < -0.4 is 0 Å². The minimum absolute atomic E-state index is 0.627. The number of fused-ring (bicyclic) bond motifs is 2. The molecule has 0 spiro atoms. The third-order valence-electron chi connectivity index (χ3n) is 9.27. The van der Waals surface area contributed by atoms with E-state index in [0.29, 0.717) is 17.5 Å². The largest absolute Gasteiger partial charge is 0.264 e. The second kappa shape index (κ2) is 12.7. The fraction of sp³-hybridized carbons (Fsp3) is 0. The molecule has 7 aromatic carbocycles. The maximum absolute atomic E-state index is 5.11. The van der Waals surface area contributed by atoms with E-state index in [9.17, 15) is 0 Å². The smallest absolute Gasteiger partial charge is 0.164 e. The van der Waals surface area contributed by atoms with Gasteiger partial charge >= 0.3 is 0 Å². The normalized spacial score (nSPS) is 11.2. The molecular weight excluding hydrogens is 609 g/mol. The van der Waals surface area contributed by atoms with Crippen LogP contribution >= 0.6 is 0 Å². The molecule has 0 amide bonds. The molecule has 0 atom stereocenters. The summed E-state index contributed by atoms with van der Waals surface area (Å²) >= 11 is 0. The summed E-state index contributed by atoms with van der Waals surface area (Å²) in [6, 6.07) is 59.2. The van der Waals surface area contributed by atoms with Crippen LogP contribution in [0.1, 0.15) is 0 Å². The van der Waals surface area contributed by atoms with Gasteiger partial charge in [-0.05, 0) is 67.1 Å². The number of benzene rings is 7. The van der Waals surface area contributed by atoms with Crippen LogP contribution in [0.4, 0.5) is 0 Å². The second-order valence-corrected chi connectivity index (χ2v) is 12.3. The summed E-state index contributed by atoms with van der Waals surface area (Å²) in [5.74, 6) is 1.90. The van der Waals surface area contributed by atoms with E-state index in [4.69, 9.17) is 15.0 Å². The molecule has 2 heterocycles. The van der Waals surface area contributed by atoms with Crippen molar-refractivity contribution in [2.45, 2.75) is 0 Å². The minimum atomic E-state index is 0.627.